The fourth-order valence-electron chi connectivity index (χ4n) is 2.49. The van der Waals surface area contributed by atoms with Gasteiger partial charge < -0.3 is 20.1 Å². The summed E-state index contributed by atoms with van der Waals surface area (Å²) >= 11 is 1.61. The molecular weight excluding hydrogens is 350 g/mol. The number of thiazole rings is 1. The van der Waals surface area contributed by atoms with Crippen LogP contribution in [0.4, 0.5) is 16.2 Å². The van der Waals surface area contributed by atoms with Crippen LogP contribution in [0.15, 0.2) is 47.8 Å². The van der Waals surface area contributed by atoms with Crippen LogP contribution in [0.3, 0.4) is 0 Å². The number of aromatic nitrogens is 1. The van der Waals surface area contributed by atoms with E-state index >= 15 is 0 Å². The van der Waals surface area contributed by atoms with Crippen molar-refractivity contribution in [3.8, 4) is 22.8 Å². The summed E-state index contributed by atoms with van der Waals surface area (Å²) in [6, 6.07) is 12.5. The molecule has 0 saturated heterocycles. The lowest BCUT2D eigenvalue weighted by Crippen LogP contribution is -2.19. The van der Waals surface area contributed by atoms with E-state index in [2.05, 4.69) is 15.6 Å². The molecule has 0 aliphatic heterocycles. The molecule has 26 heavy (non-hydrogen) atoms. The number of nitrogens with zero attached hydrogens (tertiary/aromatic N) is 1. The first-order valence-electron chi connectivity index (χ1n) is 7.92. The Morgan fingerprint density at radius 3 is 2.42 bits per heavy atom. The summed E-state index contributed by atoms with van der Waals surface area (Å²) in [6.07, 6.45) is 0. The molecule has 2 amide bonds. The van der Waals surface area contributed by atoms with Crippen LogP contribution < -0.4 is 20.1 Å². The molecular formula is C19H19N3O3S. The van der Waals surface area contributed by atoms with Gasteiger partial charge in [-0.2, -0.15) is 0 Å². The molecule has 0 unspecified atom stereocenters. The number of methoxy groups -OCH3 is 2. The number of rotatable bonds is 5. The summed E-state index contributed by atoms with van der Waals surface area (Å²) in [4.78, 5) is 16.7. The van der Waals surface area contributed by atoms with Crippen LogP contribution in [0.2, 0.25) is 0 Å². The molecule has 0 aliphatic rings. The van der Waals surface area contributed by atoms with E-state index in [1.807, 2.05) is 36.6 Å². The number of hydrogen-bond acceptors (Lipinski definition) is 5. The number of ether oxygens (including phenoxy) is 2. The molecule has 3 aromatic rings. The molecule has 0 aliphatic carbocycles. The zero-order chi connectivity index (χ0) is 18.5. The molecule has 0 saturated carbocycles. The van der Waals surface area contributed by atoms with Gasteiger partial charge in [-0.3, -0.25) is 0 Å². The molecule has 0 atom stereocenters. The third kappa shape index (κ3) is 3.94. The molecule has 0 radical (unpaired) electrons. The molecule has 6 nitrogen and oxygen atoms in total. The largest absolute Gasteiger partial charge is 0.493 e. The number of carbonyl (C=O) groups is 1. The third-order valence-corrected chi connectivity index (χ3v) is 4.48. The van der Waals surface area contributed by atoms with E-state index in [4.69, 9.17) is 9.47 Å². The molecule has 2 N–H and O–H groups in total. The van der Waals surface area contributed by atoms with E-state index in [9.17, 15) is 4.79 Å². The first kappa shape index (κ1) is 17.8. The monoisotopic (exact) mass is 369 g/mol. The highest BCUT2D eigenvalue weighted by molar-refractivity contribution is 7.09. The lowest BCUT2D eigenvalue weighted by molar-refractivity contribution is 0.262. The Kier molecular flexibility index (Phi) is 5.38. The molecule has 0 fully saturated rings. The summed E-state index contributed by atoms with van der Waals surface area (Å²) < 4.78 is 10.5. The minimum Gasteiger partial charge on any atom is -0.493 e. The van der Waals surface area contributed by atoms with Crippen molar-refractivity contribution in [1.29, 1.82) is 0 Å². The number of benzene rings is 2. The Morgan fingerprint density at radius 1 is 1.04 bits per heavy atom. The molecule has 134 valence electrons. The predicted octanol–water partition coefficient (Wildman–Crippen LogP) is 4.78. The van der Waals surface area contributed by atoms with Crippen molar-refractivity contribution in [1.82, 2.24) is 4.98 Å². The first-order valence-corrected chi connectivity index (χ1v) is 8.80. The van der Waals surface area contributed by atoms with Gasteiger partial charge in [-0.25, -0.2) is 9.78 Å². The fraction of sp³-hybridized carbons (Fsp3) is 0.158. The Bertz CT molecular complexity index is 907. The highest BCUT2D eigenvalue weighted by Gasteiger charge is 2.12. The second-order valence-electron chi connectivity index (χ2n) is 5.45. The van der Waals surface area contributed by atoms with Crippen LogP contribution in [0.25, 0.3) is 11.3 Å². The van der Waals surface area contributed by atoms with E-state index in [0.29, 0.717) is 22.9 Å². The highest BCUT2D eigenvalue weighted by Crippen LogP contribution is 2.34. The number of anilines is 2. The maximum Gasteiger partial charge on any atom is 0.323 e. The van der Waals surface area contributed by atoms with Gasteiger partial charge in [-0.15, -0.1) is 11.3 Å². The minimum absolute atomic E-state index is 0.367. The summed E-state index contributed by atoms with van der Waals surface area (Å²) in [6.45, 7) is 1.97. The standard InChI is InChI=1S/C19H19N3O3S/c1-12-20-16(11-26-12)13-7-9-14(10-8-13)21-19(23)22-15-5-4-6-17(24-2)18(15)25-3/h4-11H,1-3H3,(H2,21,22,23). The van der Waals surface area contributed by atoms with E-state index in [1.165, 1.54) is 7.11 Å². The molecule has 3 rings (SSSR count). The molecule has 0 spiro atoms. The molecule has 1 aromatic heterocycles. The normalized spacial score (nSPS) is 10.3. The Balaban J connectivity index is 1.69. The van der Waals surface area contributed by atoms with Crippen molar-refractivity contribution in [2.75, 3.05) is 24.9 Å². The average molecular weight is 369 g/mol. The van der Waals surface area contributed by atoms with Gasteiger partial charge in [0.05, 0.1) is 30.6 Å². The maximum atomic E-state index is 12.3. The van der Waals surface area contributed by atoms with E-state index in [-0.39, 0.29) is 6.03 Å². The smallest absolute Gasteiger partial charge is 0.323 e. The zero-order valence-electron chi connectivity index (χ0n) is 14.7. The predicted molar refractivity (Wildman–Crippen MR) is 104 cm³/mol. The minimum atomic E-state index is -0.367. The fourth-order valence-corrected chi connectivity index (χ4v) is 3.11. The highest BCUT2D eigenvalue weighted by atomic mass is 32.1. The average Bonchev–Trinajstić information content (AvgIpc) is 3.08. The van der Waals surface area contributed by atoms with E-state index in [1.54, 1.807) is 36.6 Å². The van der Waals surface area contributed by atoms with Gasteiger partial charge in [0, 0.05) is 16.6 Å². The molecule has 1 heterocycles. The van der Waals surface area contributed by atoms with Crippen molar-refractivity contribution in [3.63, 3.8) is 0 Å². The number of urea groups is 1. The summed E-state index contributed by atoms with van der Waals surface area (Å²) in [5.74, 6) is 1.02. The maximum absolute atomic E-state index is 12.3. The van der Waals surface area contributed by atoms with Crippen molar-refractivity contribution < 1.29 is 14.3 Å². The van der Waals surface area contributed by atoms with Gasteiger partial charge in [-0.1, -0.05) is 18.2 Å². The Labute approximate surface area is 155 Å². The number of para-hydroxylation sites is 1. The van der Waals surface area contributed by atoms with Crippen LogP contribution in [0, 0.1) is 6.92 Å². The van der Waals surface area contributed by atoms with Crippen molar-refractivity contribution in [2.45, 2.75) is 6.92 Å². The van der Waals surface area contributed by atoms with Crippen molar-refractivity contribution >= 4 is 28.7 Å². The lowest BCUT2D eigenvalue weighted by Gasteiger charge is -2.14. The summed E-state index contributed by atoms with van der Waals surface area (Å²) in [5, 5.41) is 8.60. The van der Waals surface area contributed by atoms with Crippen LogP contribution in [-0.4, -0.2) is 25.2 Å². The topological polar surface area (TPSA) is 72.5 Å². The van der Waals surface area contributed by atoms with Crippen LogP contribution in [-0.2, 0) is 0 Å². The van der Waals surface area contributed by atoms with Crippen LogP contribution in [0.5, 0.6) is 11.5 Å². The number of amides is 2. The number of carbonyl (C=O) groups excluding carboxylic acids is 1. The van der Waals surface area contributed by atoms with Crippen molar-refractivity contribution in [3.05, 3.63) is 52.9 Å². The van der Waals surface area contributed by atoms with E-state index in [0.717, 1.165) is 16.3 Å². The number of aryl methyl sites for hydroxylation is 1. The van der Waals surface area contributed by atoms with E-state index < -0.39 is 0 Å². The van der Waals surface area contributed by atoms with Gasteiger partial charge in [-0.05, 0) is 31.2 Å². The zero-order valence-corrected chi connectivity index (χ0v) is 15.5. The quantitative estimate of drug-likeness (QED) is 0.679. The molecule has 7 heteroatoms. The second kappa shape index (κ2) is 7.88. The first-order chi connectivity index (χ1) is 12.6. The Morgan fingerprint density at radius 2 is 1.81 bits per heavy atom. The lowest BCUT2D eigenvalue weighted by atomic mass is 10.1. The number of nitrogens with one attached hydrogen (secondary N) is 2. The second-order valence-corrected chi connectivity index (χ2v) is 6.51. The number of hydrogen-bond donors (Lipinski definition) is 2. The van der Waals surface area contributed by atoms with Gasteiger partial charge in [0.15, 0.2) is 11.5 Å². The van der Waals surface area contributed by atoms with Gasteiger partial charge in [0.25, 0.3) is 0 Å². The summed E-state index contributed by atoms with van der Waals surface area (Å²) in [5.41, 5.74) is 3.15. The van der Waals surface area contributed by atoms with Gasteiger partial charge in [0.2, 0.25) is 0 Å². The molecule has 0 bridgehead atoms. The third-order valence-electron chi connectivity index (χ3n) is 3.71. The Hall–Kier alpha value is -3.06. The molecule has 2 aromatic carbocycles. The van der Waals surface area contributed by atoms with Gasteiger partial charge in [0.1, 0.15) is 0 Å². The summed E-state index contributed by atoms with van der Waals surface area (Å²) in [7, 11) is 3.08. The van der Waals surface area contributed by atoms with Gasteiger partial charge >= 0.3 is 6.03 Å². The van der Waals surface area contributed by atoms with Crippen LogP contribution in [0.1, 0.15) is 5.01 Å². The SMILES string of the molecule is COc1cccc(NC(=O)Nc2ccc(-c3csc(C)n3)cc2)c1OC. The van der Waals surface area contributed by atoms with Crippen molar-refractivity contribution in [2.24, 2.45) is 0 Å². The van der Waals surface area contributed by atoms with Crippen LogP contribution >= 0.6 is 11.3 Å².